The molecule has 1 heterocycles. The number of carbonyl (C=O) groups is 3. The number of hydrogen-bond acceptors (Lipinski definition) is 15. The normalized spacial score (nSPS) is 26.6. The Labute approximate surface area is 282 Å². The maximum Gasteiger partial charge on any atom is 0.331 e. The summed E-state index contributed by atoms with van der Waals surface area (Å²) in [4.78, 5) is 40.4. The predicted molar refractivity (Wildman–Crippen MR) is 171 cm³/mol. The molecule has 0 spiro atoms. The first-order valence-electron chi connectivity index (χ1n) is 16.1. The number of aliphatic hydroxyl groups excluding tert-OH is 2. The number of phenols is 2. The van der Waals surface area contributed by atoms with E-state index in [1.54, 1.807) is 20.8 Å². The summed E-state index contributed by atoms with van der Waals surface area (Å²) in [5.41, 5.74) is -3.84. The van der Waals surface area contributed by atoms with Crippen molar-refractivity contribution in [1.82, 2.24) is 5.32 Å². The van der Waals surface area contributed by atoms with Crippen LogP contribution in [0.3, 0.4) is 0 Å². The van der Waals surface area contributed by atoms with Gasteiger partial charge in [-0.3, -0.25) is 18.9 Å². The Hall–Kier alpha value is -3.24. The molecule has 0 saturated carbocycles. The average molecular weight is 708 g/mol. The molecule has 268 valence electrons. The highest BCUT2D eigenvalue weighted by Gasteiger charge is 2.50. The summed E-state index contributed by atoms with van der Waals surface area (Å²) in [6.07, 6.45) is -5.50. The number of benzene rings is 2. The predicted octanol–water partition coefficient (Wildman–Crippen LogP) is 1.90. The molecule has 2 aliphatic carbocycles. The summed E-state index contributed by atoms with van der Waals surface area (Å²) < 4.78 is 41.1. The Morgan fingerprint density at radius 3 is 2.39 bits per heavy atom. The third-order valence-corrected chi connectivity index (χ3v) is 11.3. The molecular formula is C33H42NO14P. The second kappa shape index (κ2) is 14.5. The first kappa shape index (κ1) is 37.0. The molecular weight excluding hydrogens is 665 g/mol. The zero-order valence-corrected chi connectivity index (χ0v) is 28.5. The third kappa shape index (κ3) is 6.79. The van der Waals surface area contributed by atoms with Gasteiger partial charge in [0.15, 0.2) is 17.9 Å². The van der Waals surface area contributed by atoms with Crippen molar-refractivity contribution in [3.05, 3.63) is 51.6 Å². The molecule has 1 fully saturated rings. The van der Waals surface area contributed by atoms with Crippen LogP contribution in [0.1, 0.15) is 82.7 Å². The summed E-state index contributed by atoms with van der Waals surface area (Å²) in [6, 6.07) is 3.68. The summed E-state index contributed by atoms with van der Waals surface area (Å²) >= 11 is 0. The Morgan fingerprint density at radius 2 is 1.76 bits per heavy atom. The minimum atomic E-state index is -3.38. The monoisotopic (exact) mass is 707 g/mol. The zero-order valence-electron chi connectivity index (χ0n) is 27.6. The average Bonchev–Trinajstić information content (AvgIpc) is 3.06. The highest BCUT2D eigenvalue weighted by molar-refractivity contribution is 7.53. The van der Waals surface area contributed by atoms with E-state index in [2.05, 4.69) is 5.32 Å². The van der Waals surface area contributed by atoms with Gasteiger partial charge in [-0.15, -0.1) is 0 Å². The maximum atomic E-state index is 13.9. The quantitative estimate of drug-likeness (QED) is 0.110. The standard InChI is InChI=1S/C33H42NO14P/c1-5-45-49(43,46-6-2)11-10-34-19-12-23(47-16(3)28(19)37)48-21-14-33(42,22(36)15-35)13-18-25(21)32(41)27-26(30(18)39)29(38)17-8-7-9-20(44-4)24(17)31(27)40/h7-9,16,19,21,23,28,34-35,37,39,41-42H,5-6,10-15H2,1-4H3/t16-,19-,21-,23-,28+,33-/m0/s1. The lowest BCUT2D eigenvalue weighted by Crippen LogP contribution is -2.55. The van der Waals surface area contributed by atoms with Gasteiger partial charge < -0.3 is 54.1 Å². The van der Waals surface area contributed by atoms with Crippen molar-refractivity contribution in [2.75, 3.05) is 39.6 Å². The second-order valence-corrected chi connectivity index (χ2v) is 14.4. The number of aliphatic hydroxyl groups is 3. The molecule has 2 aromatic rings. The fourth-order valence-corrected chi connectivity index (χ4v) is 8.39. The topological polar surface area (TPSA) is 228 Å². The molecule has 0 radical (unpaired) electrons. The number of aromatic hydroxyl groups is 2. The number of methoxy groups -OCH3 is 1. The van der Waals surface area contributed by atoms with Gasteiger partial charge in [-0.2, -0.15) is 0 Å². The number of Topliss-reactive ketones (excluding diaryl/α,β-unsaturated/α-hetero) is 1. The minimum absolute atomic E-state index is 0.00301. The zero-order chi connectivity index (χ0) is 35.8. The lowest BCUT2D eigenvalue weighted by atomic mass is 9.72. The summed E-state index contributed by atoms with van der Waals surface area (Å²) in [5, 5.41) is 58.5. The van der Waals surface area contributed by atoms with Gasteiger partial charge in [-0.1, -0.05) is 12.1 Å². The molecule has 0 amide bonds. The van der Waals surface area contributed by atoms with Crippen LogP contribution in [0.15, 0.2) is 18.2 Å². The number of nitrogens with one attached hydrogen (secondary N) is 1. The molecule has 2 aromatic carbocycles. The smallest absolute Gasteiger partial charge is 0.331 e. The van der Waals surface area contributed by atoms with Gasteiger partial charge in [0.1, 0.15) is 29.5 Å². The molecule has 6 N–H and O–H groups in total. The van der Waals surface area contributed by atoms with E-state index in [0.29, 0.717) is 0 Å². The molecule has 0 unspecified atom stereocenters. The van der Waals surface area contributed by atoms with Crippen molar-refractivity contribution in [2.45, 2.75) is 76.3 Å². The van der Waals surface area contributed by atoms with E-state index in [1.807, 2.05) is 0 Å². The molecule has 0 aromatic heterocycles. The van der Waals surface area contributed by atoms with Crippen LogP contribution in [-0.4, -0.2) is 113 Å². The fraction of sp³-hybridized carbons (Fsp3) is 0.545. The summed E-state index contributed by atoms with van der Waals surface area (Å²) in [7, 11) is -2.07. The lowest BCUT2D eigenvalue weighted by molar-refractivity contribution is -0.249. The van der Waals surface area contributed by atoms with Gasteiger partial charge in [-0.25, -0.2) is 0 Å². The van der Waals surface area contributed by atoms with E-state index < -0.39 is 103 Å². The van der Waals surface area contributed by atoms with Gasteiger partial charge in [-0.05, 0) is 26.8 Å². The Balaban J connectivity index is 1.51. The van der Waals surface area contributed by atoms with Gasteiger partial charge >= 0.3 is 7.60 Å². The number of rotatable bonds is 13. The van der Waals surface area contributed by atoms with Gasteiger partial charge in [0.05, 0.1) is 61.5 Å². The van der Waals surface area contributed by atoms with Crippen LogP contribution in [0.5, 0.6) is 17.2 Å². The lowest BCUT2D eigenvalue weighted by Gasteiger charge is -2.43. The van der Waals surface area contributed by atoms with E-state index >= 15 is 0 Å². The van der Waals surface area contributed by atoms with Crippen LogP contribution in [0.2, 0.25) is 0 Å². The van der Waals surface area contributed by atoms with Crippen LogP contribution in [0.25, 0.3) is 0 Å². The van der Waals surface area contributed by atoms with Crippen molar-refractivity contribution in [1.29, 1.82) is 0 Å². The molecule has 5 rings (SSSR count). The van der Waals surface area contributed by atoms with Crippen LogP contribution >= 0.6 is 7.60 Å². The number of fused-ring (bicyclic) bond motifs is 3. The molecule has 0 bridgehead atoms. The second-order valence-electron chi connectivity index (χ2n) is 12.2. The van der Waals surface area contributed by atoms with Crippen molar-refractivity contribution in [2.24, 2.45) is 0 Å². The van der Waals surface area contributed by atoms with Crippen molar-refractivity contribution in [3.63, 3.8) is 0 Å². The van der Waals surface area contributed by atoms with Gasteiger partial charge in [0.25, 0.3) is 0 Å². The van der Waals surface area contributed by atoms with Crippen molar-refractivity contribution >= 4 is 24.9 Å². The Bertz CT molecular complexity index is 1670. The SMILES string of the molecule is CCOP(=O)(CCN[C@H]1C[C@H](O[C@H]2C[C@](O)(C(=O)CO)Cc3c(O)c4c(c(O)c32)C(=O)c2c(OC)cccc2C4=O)O[C@@H](C)[C@H]1O)OCC. The number of phenolic OH excluding ortho intramolecular Hbond substituents is 2. The van der Waals surface area contributed by atoms with E-state index in [1.165, 1.54) is 25.3 Å². The first-order chi connectivity index (χ1) is 23.2. The highest BCUT2D eigenvalue weighted by Crippen LogP contribution is 2.53. The van der Waals surface area contributed by atoms with Crippen LogP contribution in [-0.2, 0) is 34.3 Å². The Morgan fingerprint density at radius 1 is 1.08 bits per heavy atom. The van der Waals surface area contributed by atoms with Crippen molar-refractivity contribution in [3.8, 4) is 17.2 Å². The minimum Gasteiger partial charge on any atom is -0.507 e. The van der Waals surface area contributed by atoms with Gasteiger partial charge in [0.2, 0.25) is 5.78 Å². The van der Waals surface area contributed by atoms with E-state index in [-0.39, 0.29) is 60.3 Å². The van der Waals surface area contributed by atoms with Crippen LogP contribution in [0.4, 0.5) is 0 Å². The molecule has 6 atom stereocenters. The number of ether oxygens (including phenoxy) is 3. The van der Waals surface area contributed by atoms with Crippen LogP contribution < -0.4 is 10.1 Å². The molecule has 16 heteroatoms. The van der Waals surface area contributed by atoms with E-state index in [0.717, 1.165) is 0 Å². The van der Waals surface area contributed by atoms with E-state index in [9.17, 15) is 44.5 Å². The number of carbonyl (C=O) groups excluding carboxylic acids is 3. The number of hydrogen-bond donors (Lipinski definition) is 6. The van der Waals surface area contributed by atoms with E-state index in [4.69, 9.17) is 23.3 Å². The highest BCUT2D eigenvalue weighted by atomic mass is 31.2. The fourth-order valence-electron chi connectivity index (χ4n) is 6.87. The summed E-state index contributed by atoms with van der Waals surface area (Å²) in [5.74, 6) is -3.92. The molecule has 49 heavy (non-hydrogen) atoms. The molecule has 3 aliphatic rings. The molecule has 1 saturated heterocycles. The van der Waals surface area contributed by atoms with Crippen LogP contribution in [0, 0.1) is 0 Å². The van der Waals surface area contributed by atoms with Gasteiger partial charge in [0, 0.05) is 48.5 Å². The molecule has 15 nitrogen and oxygen atoms in total. The number of ketones is 3. The summed E-state index contributed by atoms with van der Waals surface area (Å²) in [6.45, 7) is 4.43. The Kier molecular flexibility index (Phi) is 11.0. The largest absolute Gasteiger partial charge is 0.507 e. The van der Waals surface area contributed by atoms with Crippen molar-refractivity contribution < 1.29 is 67.7 Å². The first-order valence-corrected chi connectivity index (χ1v) is 17.8. The molecule has 1 aliphatic heterocycles. The maximum absolute atomic E-state index is 13.9. The third-order valence-electron chi connectivity index (χ3n) is 9.20.